The minimum absolute atomic E-state index is 0.0651. The number of benzene rings is 3. The molecule has 3 N–H and O–H groups in total. The van der Waals surface area contributed by atoms with E-state index in [-0.39, 0.29) is 17.7 Å². The van der Waals surface area contributed by atoms with E-state index in [1.165, 1.54) is 11.3 Å². The summed E-state index contributed by atoms with van der Waals surface area (Å²) >= 11 is 1.48. The normalized spacial score (nSPS) is 13.3. The van der Waals surface area contributed by atoms with Crippen LogP contribution in [0.5, 0.6) is 0 Å². The Kier molecular flexibility index (Phi) is 5.11. The lowest BCUT2D eigenvalue weighted by atomic mass is 10.0. The molecular formula is C27H22N4O2S. The number of nitrogens with zero attached hydrogens (tertiary/aromatic N) is 1. The Balaban J connectivity index is 1.26. The highest BCUT2D eigenvalue weighted by molar-refractivity contribution is 7.22. The summed E-state index contributed by atoms with van der Waals surface area (Å²) in [5, 5.41) is 7.46. The molecule has 2 amide bonds. The molecule has 2 heterocycles. The minimum Gasteiger partial charge on any atom is -0.360 e. The van der Waals surface area contributed by atoms with Gasteiger partial charge >= 0.3 is 0 Å². The molecule has 7 heteroatoms. The number of H-pyrrole nitrogens is 1. The molecule has 0 aliphatic heterocycles. The van der Waals surface area contributed by atoms with Crippen molar-refractivity contribution >= 4 is 49.4 Å². The summed E-state index contributed by atoms with van der Waals surface area (Å²) in [5.41, 5.74) is 5.51. The second-order valence-electron chi connectivity index (χ2n) is 8.60. The van der Waals surface area contributed by atoms with E-state index >= 15 is 0 Å². The molecule has 0 spiro atoms. The second kappa shape index (κ2) is 8.43. The average molecular weight is 467 g/mol. The Morgan fingerprint density at radius 3 is 2.62 bits per heavy atom. The van der Waals surface area contributed by atoms with Crippen LogP contribution >= 0.6 is 11.3 Å². The third-order valence-electron chi connectivity index (χ3n) is 6.12. The highest BCUT2D eigenvalue weighted by atomic mass is 32.1. The molecule has 168 valence electrons. The Morgan fingerprint density at radius 1 is 1.00 bits per heavy atom. The van der Waals surface area contributed by atoms with E-state index < -0.39 is 0 Å². The Hall–Kier alpha value is -3.97. The van der Waals surface area contributed by atoms with Gasteiger partial charge in [0.1, 0.15) is 0 Å². The van der Waals surface area contributed by atoms with Crippen molar-refractivity contribution < 1.29 is 9.59 Å². The second-order valence-corrected chi connectivity index (χ2v) is 9.63. The maximum absolute atomic E-state index is 12.9. The first-order valence-corrected chi connectivity index (χ1v) is 12.1. The van der Waals surface area contributed by atoms with Gasteiger partial charge in [0.25, 0.3) is 5.91 Å². The first-order valence-electron chi connectivity index (χ1n) is 11.3. The molecule has 34 heavy (non-hydrogen) atoms. The van der Waals surface area contributed by atoms with Crippen molar-refractivity contribution in [3.63, 3.8) is 0 Å². The molecule has 6 nitrogen and oxygen atoms in total. The molecular weight excluding hydrogens is 444 g/mol. The first kappa shape index (κ1) is 20.6. The van der Waals surface area contributed by atoms with Crippen LogP contribution in [0.25, 0.3) is 32.2 Å². The number of aromatic amines is 1. The quantitative estimate of drug-likeness (QED) is 0.299. The lowest BCUT2D eigenvalue weighted by molar-refractivity contribution is -0.117. The van der Waals surface area contributed by atoms with Gasteiger partial charge in [-0.1, -0.05) is 53.8 Å². The van der Waals surface area contributed by atoms with Crippen molar-refractivity contribution in [1.82, 2.24) is 15.3 Å². The first-order chi connectivity index (χ1) is 16.6. The lowest BCUT2D eigenvalue weighted by Crippen LogP contribution is -2.22. The van der Waals surface area contributed by atoms with Crippen LogP contribution in [0.4, 0.5) is 5.13 Å². The topological polar surface area (TPSA) is 86.9 Å². The molecule has 0 atom stereocenters. The molecule has 1 aliphatic rings. The van der Waals surface area contributed by atoms with Gasteiger partial charge in [-0.2, -0.15) is 0 Å². The average Bonchev–Trinajstić information content (AvgIpc) is 3.51. The zero-order valence-electron chi connectivity index (χ0n) is 18.3. The number of fused-ring (bicyclic) bond motifs is 2. The van der Waals surface area contributed by atoms with E-state index in [2.05, 4.69) is 26.7 Å². The summed E-state index contributed by atoms with van der Waals surface area (Å²) in [7, 11) is 0. The molecule has 0 radical (unpaired) electrons. The van der Waals surface area contributed by atoms with E-state index in [1.807, 2.05) is 60.7 Å². The van der Waals surface area contributed by atoms with Gasteiger partial charge in [0.05, 0.1) is 15.8 Å². The number of carbonyl (C=O) groups excluding carboxylic acids is 2. The highest BCUT2D eigenvalue weighted by Crippen LogP contribution is 2.34. The summed E-state index contributed by atoms with van der Waals surface area (Å²) in [6, 6.07) is 22.0. The molecule has 3 aromatic carbocycles. The summed E-state index contributed by atoms with van der Waals surface area (Å²) in [5.74, 6) is 0.103. The molecule has 1 saturated carbocycles. The summed E-state index contributed by atoms with van der Waals surface area (Å²) in [4.78, 5) is 32.7. The predicted octanol–water partition coefficient (Wildman–Crippen LogP) is 5.72. The van der Waals surface area contributed by atoms with Gasteiger partial charge in [0.2, 0.25) is 5.91 Å². The number of carbonyl (C=O) groups is 2. The van der Waals surface area contributed by atoms with Gasteiger partial charge in [-0.05, 0) is 53.8 Å². The van der Waals surface area contributed by atoms with Crippen LogP contribution in [-0.2, 0) is 11.3 Å². The van der Waals surface area contributed by atoms with E-state index in [9.17, 15) is 9.59 Å². The molecule has 0 bridgehead atoms. The molecule has 0 saturated heterocycles. The van der Waals surface area contributed by atoms with Crippen LogP contribution in [0.3, 0.4) is 0 Å². The maximum atomic E-state index is 12.9. The van der Waals surface area contributed by atoms with Gasteiger partial charge in [-0.3, -0.25) is 9.59 Å². The standard InChI is InChI=1S/C27H22N4O2S/c32-25(17-6-7-17)31-27-30-23-11-9-19(13-24(23)34-27)18-8-10-22-20(12-18)21(15-28-22)26(33)29-14-16-4-2-1-3-5-16/h1-5,8-13,15,17,28H,6-7,14H2,(H,29,33)(H,30,31,32). The Bertz CT molecular complexity index is 1530. The van der Waals surface area contributed by atoms with E-state index in [0.29, 0.717) is 17.2 Å². The zero-order valence-corrected chi connectivity index (χ0v) is 19.1. The number of aromatic nitrogens is 2. The van der Waals surface area contributed by atoms with Crippen molar-refractivity contribution in [3.8, 4) is 11.1 Å². The number of anilines is 1. The van der Waals surface area contributed by atoms with Crippen LogP contribution in [-0.4, -0.2) is 21.8 Å². The van der Waals surface area contributed by atoms with Crippen LogP contribution in [0, 0.1) is 5.92 Å². The number of hydrogen-bond donors (Lipinski definition) is 3. The monoisotopic (exact) mass is 466 g/mol. The van der Waals surface area contributed by atoms with Gasteiger partial charge in [0, 0.05) is 29.6 Å². The number of nitrogens with one attached hydrogen (secondary N) is 3. The fourth-order valence-corrected chi connectivity index (χ4v) is 4.98. The largest absolute Gasteiger partial charge is 0.360 e. The van der Waals surface area contributed by atoms with Gasteiger partial charge in [-0.15, -0.1) is 0 Å². The fraction of sp³-hybridized carbons (Fsp3) is 0.148. The molecule has 6 rings (SSSR count). The molecule has 1 fully saturated rings. The van der Waals surface area contributed by atoms with Crippen molar-refractivity contribution in [2.24, 2.45) is 5.92 Å². The van der Waals surface area contributed by atoms with Crippen molar-refractivity contribution in [2.75, 3.05) is 5.32 Å². The number of thiazole rings is 1. The Morgan fingerprint density at radius 2 is 1.79 bits per heavy atom. The van der Waals surface area contributed by atoms with Crippen molar-refractivity contribution in [3.05, 3.63) is 84.1 Å². The summed E-state index contributed by atoms with van der Waals surface area (Å²) in [6.07, 6.45) is 3.69. The van der Waals surface area contributed by atoms with Crippen LogP contribution in [0.15, 0.2) is 72.9 Å². The molecule has 1 aliphatic carbocycles. The smallest absolute Gasteiger partial charge is 0.253 e. The van der Waals surface area contributed by atoms with Gasteiger partial charge in [0.15, 0.2) is 5.13 Å². The maximum Gasteiger partial charge on any atom is 0.253 e. The third kappa shape index (κ3) is 4.06. The third-order valence-corrected chi connectivity index (χ3v) is 7.06. The van der Waals surface area contributed by atoms with Crippen LogP contribution in [0.1, 0.15) is 28.8 Å². The molecule has 2 aromatic heterocycles. The van der Waals surface area contributed by atoms with Crippen molar-refractivity contribution in [1.29, 1.82) is 0 Å². The summed E-state index contributed by atoms with van der Waals surface area (Å²) in [6.45, 7) is 0.480. The molecule has 0 unspecified atom stereocenters. The van der Waals surface area contributed by atoms with Crippen molar-refractivity contribution in [2.45, 2.75) is 19.4 Å². The van der Waals surface area contributed by atoms with E-state index in [4.69, 9.17) is 0 Å². The minimum atomic E-state index is -0.110. The van der Waals surface area contributed by atoms with Crippen LogP contribution in [0.2, 0.25) is 0 Å². The number of hydrogen-bond acceptors (Lipinski definition) is 4. The van der Waals surface area contributed by atoms with Crippen LogP contribution < -0.4 is 10.6 Å². The number of amides is 2. The summed E-state index contributed by atoms with van der Waals surface area (Å²) < 4.78 is 1.01. The zero-order chi connectivity index (χ0) is 23.1. The highest BCUT2D eigenvalue weighted by Gasteiger charge is 2.30. The number of rotatable bonds is 6. The van der Waals surface area contributed by atoms with E-state index in [1.54, 1.807) is 6.20 Å². The fourth-order valence-electron chi connectivity index (χ4n) is 4.07. The lowest BCUT2D eigenvalue weighted by Gasteiger charge is -2.06. The van der Waals surface area contributed by atoms with E-state index in [0.717, 1.165) is 50.7 Å². The molecule has 5 aromatic rings. The predicted molar refractivity (Wildman–Crippen MR) is 136 cm³/mol. The SMILES string of the molecule is O=C(NCc1ccccc1)c1c[nH]c2ccc(-c3ccc4nc(NC(=O)C5CC5)sc4c3)cc12. The Labute approximate surface area is 200 Å². The van der Waals surface area contributed by atoms with Gasteiger partial charge < -0.3 is 15.6 Å². The van der Waals surface area contributed by atoms with Gasteiger partial charge in [-0.25, -0.2) is 4.98 Å².